The molecule has 3 aromatic carbocycles. The van der Waals surface area contributed by atoms with E-state index in [-0.39, 0.29) is 18.1 Å². The van der Waals surface area contributed by atoms with E-state index in [4.69, 9.17) is 14.5 Å². The van der Waals surface area contributed by atoms with Crippen LogP contribution in [0.4, 0.5) is 19.1 Å². The van der Waals surface area contributed by atoms with Crippen molar-refractivity contribution in [3.63, 3.8) is 0 Å². The summed E-state index contributed by atoms with van der Waals surface area (Å²) in [5, 5.41) is 0.687. The zero-order valence-corrected chi connectivity index (χ0v) is 29.6. The lowest BCUT2D eigenvalue weighted by Gasteiger charge is -2.28. The number of fused-ring (bicyclic) bond motifs is 3. The molecule has 0 unspecified atom stereocenters. The molecule has 4 aromatic heterocycles. The zero-order valence-electron chi connectivity index (χ0n) is 29.6. The number of hydrogen-bond donors (Lipinski definition) is 0. The number of hydrogen-bond acceptors (Lipinski definition) is 9. The third-order valence-corrected chi connectivity index (χ3v) is 9.11. The molecule has 0 bridgehead atoms. The standard InChI is InChI=1S/C40H35F3N8O3/c1-26(37-45-17-4-18-46-37)50(24-31-11-10-30(20-47-31)40(41,42)43)38(52)29-9-16-35-34(19-29)36-21-44-25-51(36)39(48-35)49(22-27-5-12-32(53-2)13-6-27)23-28-7-14-33(54-3)15-8-28/h4-21,25-26H,22-24H2,1-3H3/t26-/m1/s1. The normalized spacial score (nSPS) is 12.1. The molecule has 0 saturated heterocycles. The van der Waals surface area contributed by atoms with Crippen molar-refractivity contribution in [2.24, 2.45) is 0 Å². The molecule has 1 atom stereocenters. The number of anilines is 1. The van der Waals surface area contributed by atoms with E-state index in [9.17, 15) is 18.0 Å². The second-order valence-electron chi connectivity index (χ2n) is 12.6. The first-order chi connectivity index (χ1) is 26.1. The fourth-order valence-electron chi connectivity index (χ4n) is 6.19. The van der Waals surface area contributed by atoms with Gasteiger partial charge in [-0.1, -0.05) is 24.3 Å². The highest BCUT2D eigenvalue weighted by Crippen LogP contribution is 2.31. The topological polar surface area (TPSA) is 111 Å². The summed E-state index contributed by atoms with van der Waals surface area (Å²) in [5.74, 6) is 2.14. The van der Waals surface area contributed by atoms with Crippen molar-refractivity contribution in [2.75, 3.05) is 19.1 Å². The maximum Gasteiger partial charge on any atom is 0.417 e. The summed E-state index contributed by atoms with van der Waals surface area (Å²) >= 11 is 0. The highest BCUT2D eigenvalue weighted by molar-refractivity contribution is 6.02. The third kappa shape index (κ3) is 7.63. The van der Waals surface area contributed by atoms with Gasteiger partial charge in [-0.3, -0.25) is 14.2 Å². The highest BCUT2D eigenvalue weighted by atomic mass is 19.4. The Hall–Kier alpha value is -6.57. The van der Waals surface area contributed by atoms with E-state index in [0.717, 1.165) is 40.4 Å². The maximum absolute atomic E-state index is 14.4. The number of halogens is 3. The van der Waals surface area contributed by atoms with E-state index < -0.39 is 17.8 Å². The monoisotopic (exact) mass is 732 g/mol. The molecule has 11 nitrogen and oxygen atoms in total. The second-order valence-corrected chi connectivity index (χ2v) is 12.6. The number of pyridine rings is 1. The Labute approximate surface area is 308 Å². The smallest absolute Gasteiger partial charge is 0.417 e. The molecule has 0 radical (unpaired) electrons. The molecule has 0 saturated carbocycles. The van der Waals surface area contributed by atoms with Crippen molar-refractivity contribution < 1.29 is 27.4 Å². The first-order valence-corrected chi connectivity index (χ1v) is 17.0. The molecule has 7 rings (SSSR count). The molecular weight excluding hydrogens is 697 g/mol. The van der Waals surface area contributed by atoms with Crippen LogP contribution in [-0.4, -0.2) is 54.3 Å². The minimum Gasteiger partial charge on any atom is -0.497 e. The summed E-state index contributed by atoms with van der Waals surface area (Å²) in [7, 11) is 3.26. The van der Waals surface area contributed by atoms with Gasteiger partial charge in [0, 0.05) is 42.6 Å². The summed E-state index contributed by atoms with van der Waals surface area (Å²) in [6, 6.07) is 24.2. The van der Waals surface area contributed by atoms with Crippen LogP contribution in [0.15, 0.2) is 116 Å². The van der Waals surface area contributed by atoms with Crippen LogP contribution in [0, 0.1) is 0 Å². The number of aromatic nitrogens is 6. The van der Waals surface area contributed by atoms with Crippen molar-refractivity contribution in [2.45, 2.75) is 38.8 Å². The molecule has 7 aromatic rings. The SMILES string of the molecule is COc1ccc(CN(Cc2ccc(OC)cc2)c2nc3ccc(C(=O)N(Cc4ccc(C(F)(F)F)cn4)[C@H](C)c4ncccn4)cc3c3cncn23)cc1. The van der Waals surface area contributed by atoms with Crippen LogP contribution in [0.2, 0.25) is 0 Å². The van der Waals surface area contributed by atoms with Crippen molar-refractivity contribution in [1.82, 2.24) is 34.2 Å². The van der Waals surface area contributed by atoms with Gasteiger partial charge in [-0.15, -0.1) is 0 Å². The molecule has 14 heteroatoms. The number of alkyl halides is 3. The number of nitrogens with zero attached hydrogens (tertiary/aromatic N) is 8. The quantitative estimate of drug-likeness (QED) is 0.125. The molecule has 4 heterocycles. The number of rotatable bonds is 12. The molecular formula is C40H35F3N8O3. The Morgan fingerprint density at radius 1 is 0.815 bits per heavy atom. The fraction of sp³-hybridized carbons (Fsp3) is 0.200. The van der Waals surface area contributed by atoms with Gasteiger partial charge in [0.1, 0.15) is 23.7 Å². The van der Waals surface area contributed by atoms with E-state index in [1.807, 2.05) is 52.9 Å². The highest BCUT2D eigenvalue weighted by Gasteiger charge is 2.31. The number of amides is 1. The number of carbonyl (C=O) groups is 1. The average molecular weight is 733 g/mol. The van der Waals surface area contributed by atoms with Crippen molar-refractivity contribution >= 4 is 28.3 Å². The Kier molecular flexibility index (Phi) is 10.1. The Bertz CT molecular complexity index is 2320. The van der Waals surface area contributed by atoms with Crippen molar-refractivity contribution in [1.29, 1.82) is 0 Å². The molecule has 274 valence electrons. The molecule has 54 heavy (non-hydrogen) atoms. The second kappa shape index (κ2) is 15.2. The first-order valence-electron chi connectivity index (χ1n) is 17.0. The van der Waals surface area contributed by atoms with Gasteiger partial charge in [-0.05, 0) is 78.7 Å². The summed E-state index contributed by atoms with van der Waals surface area (Å²) in [4.78, 5) is 40.3. The van der Waals surface area contributed by atoms with Crippen LogP contribution in [0.5, 0.6) is 11.5 Å². The molecule has 0 spiro atoms. The average Bonchev–Trinajstić information content (AvgIpc) is 3.70. The number of imidazole rings is 1. The van der Waals surface area contributed by atoms with Gasteiger partial charge in [0.2, 0.25) is 5.95 Å². The van der Waals surface area contributed by atoms with Gasteiger partial charge in [-0.2, -0.15) is 13.2 Å². The van der Waals surface area contributed by atoms with Gasteiger partial charge in [0.15, 0.2) is 0 Å². The Balaban J connectivity index is 1.26. The Morgan fingerprint density at radius 3 is 2.04 bits per heavy atom. The first kappa shape index (κ1) is 35.8. The minimum absolute atomic E-state index is 0.0839. The summed E-state index contributed by atoms with van der Waals surface area (Å²) in [5.41, 5.74) is 3.19. The van der Waals surface area contributed by atoms with E-state index in [1.54, 1.807) is 70.3 Å². The summed E-state index contributed by atoms with van der Waals surface area (Å²) < 4.78 is 52.4. The number of benzene rings is 3. The summed E-state index contributed by atoms with van der Waals surface area (Å²) in [6.07, 6.45) is 2.79. The molecule has 0 aliphatic rings. The number of carbonyl (C=O) groups excluding carboxylic acids is 1. The fourth-order valence-corrected chi connectivity index (χ4v) is 6.19. The van der Waals surface area contributed by atoms with Gasteiger partial charge >= 0.3 is 6.18 Å². The van der Waals surface area contributed by atoms with Crippen LogP contribution in [-0.2, 0) is 25.8 Å². The predicted molar refractivity (Wildman–Crippen MR) is 196 cm³/mol. The van der Waals surface area contributed by atoms with Crippen molar-refractivity contribution in [3.8, 4) is 11.5 Å². The molecule has 0 N–H and O–H groups in total. The van der Waals surface area contributed by atoms with Gasteiger partial charge in [0.25, 0.3) is 5.91 Å². The van der Waals surface area contributed by atoms with E-state index >= 15 is 0 Å². The predicted octanol–water partition coefficient (Wildman–Crippen LogP) is 7.71. The maximum atomic E-state index is 14.4. The van der Waals surface area contributed by atoms with E-state index in [2.05, 4.69) is 24.8 Å². The summed E-state index contributed by atoms with van der Waals surface area (Å²) in [6.45, 7) is 2.72. The van der Waals surface area contributed by atoms with E-state index in [0.29, 0.717) is 41.3 Å². The van der Waals surface area contributed by atoms with Crippen molar-refractivity contribution in [3.05, 3.63) is 150 Å². The van der Waals surface area contributed by atoms with Gasteiger partial charge in [0.05, 0.1) is 55.3 Å². The van der Waals surface area contributed by atoms with Gasteiger partial charge in [-0.25, -0.2) is 19.9 Å². The molecule has 0 aliphatic heterocycles. The molecule has 0 aliphatic carbocycles. The molecule has 0 fully saturated rings. The number of ether oxygens (including phenoxy) is 2. The van der Waals surface area contributed by atoms with Gasteiger partial charge < -0.3 is 19.3 Å². The lowest BCUT2D eigenvalue weighted by atomic mass is 10.1. The lowest BCUT2D eigenvalue weighted by Crippen LogP contribution is -2.34. The Morgan fingerprint density at radius 2 is 1.46 bits per heavy atom. The van der Waals surface area contributed by atoms with E-state index in [1.165, 1.54) is 11.0 Å². The lowest BCUT2D eigenvalue weighted by molar-refractivity contribution is -0.137. The van der Waals surface area contributed by atoms with Crippen LogP contribution >= 0.6 is 0 Å². The third-order valence-electron chi connectivity index (χ3n) is 9.11. The van der Waals surface area contributed by atoms with Crippen LogP contribution in [0.25, 0.3) is 16.4 Å². The van der Waals surface area contributed by atoms with Crippen LogP contribution < -0.4 is 14.4 Å². The largest absolute Gasteiger partial charge is 0.497 e. The minimum atomic E-state index is -4.54. The molecule has 1 amide bonds. The zero-order chi connectivity index (χ0) is 37.8. The number of methoxy groups -OCH3 is 2. The van der Waals surface area contributed by atoms with Crippen LogP contribution in [0.1, 0.15) is 51.5 Å². The van der Waals surface area contributed by atoms with Crippen LogP contribution in [0.3, 0.4) is 0 Å².